The topological polar surface area (TPSA) is 330 Å². The maximum absolute atomic E-state index is 14.1. The fourth-order valence-electron chi connectivity index (χ4n) is 7.73. The Morgan fingerprint density at radius 1 is 0.824 bits per heavy atom. The second kappa shape index (κ2) is 25.9. The fraction of sp³-hybridized carbons (Fsp3) is 0.500. The molecule has 1 aliphatic carbocycles. The van der Waals surface area contributed by atoms with Gasteiger partial charge >= 0.3 is 5.97 Å². The Balaban J connectivity index is 1.24. The van der Waals surface area contributed by atoms with Crippen molar-refractivity contribution in [3.05, 3.63) is 71.8 Å². The number of aliphatic carboxylic acids is 1. The predicted molar refractivity (Wildman–Crippen MR) is 256 cm³/mol. The number of primary amides is 1. The zero-order chi connectivity index (χ0) is 49.3. The van der Waals surface area contributed by atoms with Gasteiger partial charge in [-0.05, 0) is 74.3 Å². The molecule has 8 atom stereocenters. The smallest absolute Gasteiger partial charge is 0.303 e. The number of hydrogen-bond acceptors (Lipinski definition) is 15. The minimum atomic E-state index is -1.67. The molecule has 1 unspecified atom stereocenters. The molecule has 22 nitrogen and oxygen atoms in total. The largest absolute Gasteiger partial charge is 0.481 e. The van der Waals surface area contributed by atoms with Gasteiger partial charge in [-0.3, -0.25) is 43.4 Å². The lowest BCUT2D eigenvalue weighted by atomic mass is 10.0. The molecule has 1 saturated heterocycles. The molecule has 2 aliphatic heterocycles. The highest BCUT2D eigenvalue weighted by Crippen LogP contribution is 2.26. The van der Waals surface area contributed by atoms with Crippen LogP contribution in [0, 0.1) is 5.92 Å². The number of aromatic nitrogens is 1. The lowest BCUT2D eigenvalue weighted by Gasteiger charge is -2.26. The van der Waals surface area contributed by atoms with Crippen LogP contribution in [0.3, 0.4) is 0 Å². The molecule has 1 fully saturated rings. The highest BCUT2D eigenvalue weighted by molar-refractivity contribution is 7.98. The van der Waals surface area contributed by atoms with Crippen LogP contribution in [-0.2, 0) is 44.8 Å². The van der Waals surface area contributed by atoms with Crippen LogP contribution in [0.4, 0.5) is 0 Å². The number of para-hydroxylation sites is 1. The molecule has 7 amide bonds. The van der Waals surface area contributed by atoms with Gasteiger partial charge in [0.25, 0.3) is 0 Å². The van der Waals surface area contributed by atoms with Crippen LogP contribution in [0.1, 0.15) is 51.0 Å². The number of rotatable bonds is 27. The van der Waals surface area contributed by atoms with Crippen molar-refractivity contribution in [2.75, 3.05) is 37.2 Å². The molecule has 370 valence electrons. The first-order valence-corrected chi connectivity index (χ1v) is 25.0. The molecule has 0 saturated carbocycles. The van der Waals surface area contributed by atoms with Gasteiger partial charge in [0.15, 0.2) is 0 Å². The number of aromatic amines is 1. The average Bonchev–Trinajstić information content (AvgIpc) is 4.17. The molecule has 3 heterocycles. The van der Waals surface area contributed by atoms with Crippen molar-refractivity contribution in [3.63, 3.8) is 0 Å². The average molecular weight is 983 g/mol. The summed E-state index contributed by atoms with van der Waals surface area (Å²) in [5.74, 6) is -5.85. The molecule has 68 heavy (non-hydrogen) atoms. The van der Waals surface area contributed by atoms with Crippen molar-refractivity contribution in [2.24, 2.45) is 11.7 Å². The molecule has 5 rings (SSSR count). The summed E-state index contributed by atoms with van der Waals surface area (Å²) in [6, 6.07) is -1.18. The molecule has 2 aromatic rings. The Kier molecular flexibility index (Phi) is 20.1. The number of carbonyl (C=O) groups is 8. The van der Waals surface area contributed by atoms with E-state index >= 15 is 0 Å². The monoisotopic (exact) mass is 982 g/mol. The number of aliphatic hydroxyl groups is 1. The summed E-state index contributed by atoms with van der Waals surface area (Å²) >= 11 is 2.87. The van der Waals surface area contributed by atoms with Crippen molar-refractivity contribution in [1.82, 2.24) is 58.2 Å². The second-order valence-electron chi connectivity index (χ2n) is 16.6. The first-order chi connectivity index (χ1) is 32.6. The van der Waals surface area contributed by atoms with E-state index in [4.69, 9.17) is 5.73 Å². The predicted octanol–water partition coefficient (Wildman–Crippen LogP) is -1.52. The molecular formula is C44H62N12O10S2. The third-order valence-corrected chi connectivity index (χ3v) is 12.9. The highest BCUT2D eigenvalue weighted by Gasteiger charge is 2.37. The Bertz CT molecular complexity index is 2250. The number of benzene rings is 1. The number of H-pyrrole nitrogens is 1. The lowest BCUT2D eigenvalue weighted by molar-refractivity contribution is -0.139. The summed E-state index contributed by atoms with van der Waals surface area (Å²) < 4.78 is 0. The van der Waals surface area contributed by atoms with Crippen LogP contribution in [0.5, 0.6) is 0 Å². The number of nitrogens with two attached hydrogens (primary N) is 1. The zero-order valence-corrected chi connectivity index (χ0v) is 39.7. The van der Waals surface area contributed by atoms with Crippen molar-refractivity contribution in [3.8, 4) is 0 Å². The quantitative estimate of drug-likeness (QED) is 0.0483. The van der Waals surface area contributed by atoms with Crippen molar-refractivity contribution in [2.45, 2.75) is 94.2 Å². The molecule has 3 aliphatic rings. The van der Waals surface area contributed by atoms with Gasteiger partial charge in [0, 0.05) is 60.7 Å². The van der Waals surface area contributed by atoms with Crippen molar-refractivity contribution < 1.29 is 48.6 Å². The van der Waals surface area contributed by atoms with Crippen LogP contribution in [0.25, 0.3) is 10.9 Å². The summed E-state index contributed by atoms with van der Waals surface area (Å²) in [5.41, 5.74) is 15.2. The standard InChI is InChI=1S/C44H62N12O10S2/c1-24(39(61)50-32(15-17-68-3)41(63)49-30(38(45)60)14-16-67-2)48-40(62)31(12-13-37(58)59)51-44(66)36(23-57)53-43(65)34(18-25-20-46-29-11-7-6-10-28(25)29)52-42(64)33-19-26(21-47-33)35-22-56(55-54-35)27-8-4-5-9-27/h4-8,10-11,20,22,24,26,30-34,36,46-47,54-55,57H,9,12-19,21,23H2,1-3H3,(H2,45,60)(H,48,62)(H,49,63)(H,50,61)(H,51,66)(H,52,64)(H,53,65)(H,58,59)/t24-,26?,30-,31-,32-,33-,34-,36-/m0/s1. The number of nitrogens with zero attached hydrogens (tertiary/aromatic N) is 1. The molecule has 0 spiro atoms. The molecule has 1 aromatic heterocycles. The molecule has 14 N–H and O–H groups in total. The maximum Gasteiger partial charge on any atom is 0.303 e. The molecule has 1 aromatic carbocycles. The first-order valence-electron chi connectivity index (χ1n) is 22.2. The summed E-state index contributed by atoms with van der Waals surface area (Å²) in [4.78, 5) is 109. The number of hydrazine groups is 2. The first kappa shape index (κ1) is 52.9. The number of aliphatic hydroxyl groups excluding tert-OH is 1. The Morgan fingerprint density at radius 2 is 1.46 bits per heavy atom. The number of carboxylic acid groups (broad SMARTS) is 1. The Morgan fingerprint density at radius 3 is 2.13 bits per heavy atom. The van der Waals surface area contributed by atoms with E-state index in [9.17, 15) is 48.6 Å². The summed E-state index contributed by atoms with van der Waals surface area (Å²) in [6.07, 6.45) is 13.9. The Labute approximate surface area is 401 Å². The van der Waals surface area contributed by atoms with Crippen LogP contribution in [0.15, 0.2) is 66.3 Å². The number of carbonyl (C=O) groups excluding carboxylic acids is 7. The van der Waals surface area contributed by atoms with Gasteiger partial charge in [-0.15, -0.1) is 5.53 Å². The van der Waals surface area contributed by atoms with Gasteiger partial charge in [0.05, 0.1) is 18.3 Å². The van der Waals surface area contributed by atoms with E-state index in [1.54, 1.807) is 12.5 Å². The van der Waals surface area contributed by atoms with E-state index in [1.165, 1.54) is 30.4 Å². The molecule has 0 bridgehead atoms. The number of nitrogens with one attached hydrogen (secondary N) is 10. The third kappa shape index (κ3) is 15.0. The van der Waals surface area contributed by atoms with Crippen LogP contribution in [-0.4, -0.2) is 147 Å². The molecule has 0 radical (unpaired) electrons. The summed E-state index contributed by atoms with van der Waals surface area (Å²) in [7, 11) is 0. The lowest BCUT2D eigenvalue weighted by Crippen LogP contribution is -2.60. The van der Waals surface area contributed by atoms with Crippen LogP contribution in [0.2, 0.25) is 0 Å². The van der Waals surface area contributed by atoms with Gasteiger partial charge in [-0.25, -0.2) is 0 Å². The summed E-state index contributed by atoms with van der Waals surface area (Å²) in [6.45, 7) is 0.846. The van der Waals surface area contributed by atoms with Crippen LogP contribution >= 0.6 is 23.5 Å². The van der Waals surface area contributed by atoms with Gasteiger partial charge in [-0.1, -0.05) is 30.4 Å². The number of carboxylic acids is 1. The van der Waals surface area contributed by atoms with Gasteiger partial charge in [-0.2, -0.15) is 23.5 Å². The van der Waals surface area contributed by atoms with Crippen molar-refractivity contribution in [1.29, 1.82) is 0 Å². The second-order valence-corrected chi connectivity index (χ2v) is 18.5. The van der Waals surface area contributed by atoms with E-state index < -0.39 is 109 Å². The van der Waals surface area contributed by atoms with Crippen molar-refractivity contribution >= 4 is 81.7 Å². The van der Waals surface area contributed by atoms with E-state index in [0.717, 1.165) is 28.7 Å². The SMILES string of the molecule is CSCC[C@H](NC(=O)[C@H](CCSC)NC(=O)[C@H](C)NC(=O)[C@H](CCC(=O)O)NC(=O)[C@H](CO)NC(=O)[C@H](Cc1c[nH]c2ccccc12)NC(=O)[C@@H]1CC(C2=CN(C3=CC=CC3)NN2)CN1)C(N)=O. The number of allylic oxidation sites excluding steroid dienone is 3. The number of amides is 7. The number of thioether (sulfide) groups is 2. The number of hydrogen-bond donors (Lipinski definition) is 13. The highest BCUT2D eigenvalue weighted by atomic mass is 32.2. The number of fused-ring (bicyclic) bond motifs is 1. The van der Waals surface area contributed by atoms with Gasteiger partial charge < -0.3 is 63.6 Å². The van der Waals surface area contributed by atoms with Gasteiger partial charge in [0.1, 0.15) is 36.3 Å². The molecule has 24 heteroatoms. The van der Waals surface area contributed by atoms with E-state index in [0.29, 0.717) is 30.0 Å². The third-order valence-electron chi connectivity index (χ3n) is 11.6. The van der Waals surface area contributed by atoms with E-state index in [2.05, 4.69) is 53.2 Å². The van der Waals surface area contributed by atoms with Gasteiger partial charge in [0.2, 0.25) is 41.4 Å². The molecular weight excluding hydrogens is 921 g/mol. The van der Waals surface area contributed by atoms with E-state index in [-0.39, 0.29) is 25.2 Å². The normalized spacial score (nSPS) is 19.0. The Hall–Kier alpha value is -6.08. The zero-order valence-electron chi connectivity index (χ0n) is 38.1. The minimum Gasteiger partial charge on any atom is -0.481 e. The fourth-order valence-corrected chi connectivity index (χ4v) is 8.67. The van der Waals surface area contributed by atoms with Crippen LogP contribution < -0.4 is 53.9 Å². The summed E-state index contributed by atoms with van der Waals surface area (Å²) in [5, 5.41) is 41.1. The van der Waals surface area contributed by atoms with E-state index in [1.807, 2.05) is 60.0 Å². The minimum absolute atomic E-state index is 0.0145. The maximum atomic E-state index is 14.1.